The number of phenolic OH excluding ortho intramolecular Hbond substituents is 1. The van der Waals surface area contributed by atoms with E-state index in [2.05, 4.69) is 15.4 Å². The highest BCUT2D eigenvalue weighted by Gasteiger charge is 2.18. The van der Waals surface area contributed by atoms with Crippen molar-refractivity contribution < 1.29 is 14.6 Å². The molecule has 0 atom stereocenters. The number of aromatic amines is 1. The Kier molecular flexibility index (Phi) is 3.36. The summed E-state index contributed by atoms with van der Waals surface area (Å²) in [4.78, 5) is 11.2. The van der Waals surface area contributed by atoms with E-state index in [0.29, 0.717) is 14.8 Å². The first-order valence-electron chi connectivity index (χ1n) is 4.82. The Morgan fingerprint density at radius 2 is 2.22 bits per heavy atom. The van der Waals surface area contributed by atoms with E-state index in [1.807, 2.05) is 22.6 Å². The van der Waals surface area contributed by atoms with Crippen molar-refractivity contribution in [3.63, 3.8) is 0 Å². The van der Waals surface area contributed by atoms with Crippen molar-refractivity contribution in [2.75, 3.05) is 7.11 Å². The second-order valence-electron chi connectivity index (χ2n) is 3.39. The second kappa shape index (κ2) is 4.80. The lowest BCUT2D eigenvalue weighted by molar-refractivity contribution is 0.0996. The lowest BCUT2D eigenvalue weighted by Crippen LogP contribution is -2.12. The van der Waals surface area contributed by atoms with E-state index >= 15 is 0 Å². The van der Waals surface area contributed by atoms with Gasteiger partial charge in [-0.05, 0) is 34.7 Å². The van der Waals surface area contributed by atoms with E-state index in [4.69, 9.17) is 10.5 Å². The maximum Gasteiger partial charge on any atom is 0.271 e. The third-order valence-electron chi connectivity index (χ3n) is 2.30. The SMILES string of the molecule is COc1cc(-c2n[nH]nc2C(N)=O)cc(I)c1O. The van der Waals surface area contributed by atoms with Crippen molar-refractivity contribution in [2.45, 2.75) is 0 Å². The number of rotatable bonds is 3. The molecule has 0 saturated heterocycles. The number of aromatic nitrogens is 3. The number of methoxy groups -OCH3 is 1. The number of carbonyl (C=O) groups excluding carboxylic acids is 1. The zero-order chi connectivity index (χ0) is 13.3. The van der Waals surface area contributed by atoms with Crippen LogP contribution in [0.1, 0.15) is 10.5 Å². The van der Waals surface area contributed by atoms with Crippen LogP contribution in [0.15, 0.2) is 12.1 Å². The van der Waals surface area contributed by atoms with Crippen molar-refractivity contribution in [2.24, 2.45) is 5.73 Å². The van der Waals surface area contributed by atoms with Gasteiger partial charge in [0.1, 0.15) is 5.69 Å². The molecule has 0 radical (unpaired) electrons. The van der Waals surface area contributed by atoms with E-state index < -0.39 is 5.91 Å². The summed E-state index contributed by atoms with van der Waals surface area (Å²) in [6.07, 6.45) is 0. The first kappa shape index (κ1) is 12.6. The van der Waals surface area contributed by atoms with Gasteiger partial charge in [-0.25, -0.2) is 0 Å². The van der Waals surface area contributed by atoms with Crippen LogP contribution in [0, 0.1) is 3.57 Å². The quantitative estimate of drug-likeness (QED) is 0.704. The van der Waals surface area contributed by atoms with Crippen molar-refractivity contribution in [3.8, 4) is 22.8 Å². The number of primary amides is 1. The molecule has 1 heterocycles. The van der Waals surface area contributed by atoms with Crippen LogP contribution in [0.2, 0.25) is 0 Å². The molecule has 18 heavy (non-hydrogen) atoms. The van der Waals surface area contributed by atoms with Gasteiger partial charge in [0.25, 0.3) is 5.91 Å². The minimum absolute atomic E-state index is 0.0333. The van der Waals surface area contributed by atoms with Crippen LogP contribution >= 0.6 is 22.6 Å². The average Bonchev–Trinajstić information content (AvgIpc) is 2.81. The molecule has 2 aromatic rings. The summed E-state index contributed by atoms with van der Waals surface area (Å²) < 4.78 is 5.61. The predicted molar refractivity (Wildman–Crippen MR) is 71.3 cm³/mol. The number of H-pyrrole nitrogens is 1. The van der Waals surface area contributed by atoms with Gasteiger partial charge in [-0.2, -0.15) is 15.4 Å². The number of phenols is 1. The Bertz CT molecular complexity index is 611. The van der Waals surface area contributed by atoms with Crippen molar-refractivity contribution in [3.05, 3.63) is 21.4 Å². The summed E-state index contributed by atoms with van der Waals surface area (Å²) in [5, 5.41) is 19.6. The summed E-state index contributed by atoms with van der Waals surface area (Å²) >= 11 is 1.95. The third kappa shape index (κ3) is 2.10. The molecule has 1 aromatic carbocycles. The van der Waals surface area contributed by atoms with Crippen LogP contribution in [0.5, 0.6) is 11.5 Å². The Morgan fingerprint density at radius 3 is 2.83 bits per heavy atom. The van der Waals surface area contributed by atoms with Crippen LogP contribution in [0.4, 0.5) is 0 Å². The largest absolute Gasteiger partial charge is 0.504 e. The molecule has 1 amide bonds. The normalized spacial score (nSPS) is 10.3. The number of hydrogen-bond donors (Lipinski definition) is 3. The van der Waals surface area contributed by atoms with Gasteiger partial charge < -0.3 is 15.6 Å². The van der Waals surface area contributed by atoms with E-state index in [1.54, 1.807) is 12.1 Å². The topological polar surface area (TPSA) is 114 Å². The standard InChI is InChI=1S/C10H9IN4O3/c1-18-6-3-4(2-5(11)9(6)16)7-8(10(12)17)14-15-13-7/h2-3,16H,1H3,(H2,12,17)(H,13,14,15). The summed E-state index contributed by atoms with van der Waals surface area (Å²) in [6, 6.07) is 3.21. The number of nitrogens with two attached hydrogens (primary N) is 1. The minimum Gasteiger partial charge on any atom is -0.504 e. The molecule has 0 aliphatic rings. The fraction of sp³-hybridized carbons (Fsp3) is 0.100. The van der Waals surface area contributed by atoms with Gasteiger partial charge in [-0.15, -0.1) is 0 Å². The number of nitrogens with zero attached hydrogens (tertiary/aromatic N) is 2. The predicted octanol–water partition coefficient (Wildman–Crippen LogP) is 0.889. The molecule has 0 saturated carbocycles. The van der Waals surface area contributed by atoms with Gasteiger partial charge in [-0.1, -0.05) is 0 Å². The lowest BCUT2D eigenvalue weighted by Gasteiger charge is -2.07. The van der Waals surface area contributed by atoms with Gasteiger partial charge in [0.05, 0.1) is 10.7 Å². The summed E-state index contributed by atoms with van der Waals surface area (Å²) in [5.41, 5.74) is 6.13. The van der Waals surface area contributed by atoms with E-state index in [9.17, 15) is 9.90 Å². The second-order valence-corrected chi connectivity index (χ2v) is 4.56. The molecular weight excluding hydrogens is 351 g/mol. The number of hydrogen-bond acceptors (Lipinski definition) is 5. The third-order valence-corrected chi connectivity index (χ3v) is 3.13. The zero-order valence-electron chi connectivity index (χ0n) is 9.27. The highest BCUT2D eigenvalue weighted by molar-refractivity contribution is 14.1. The van der Waals surface area contributed by atoms with Gasteiger partial charge >= 0.3 is 0 Å². The fourth-order valence-corrected chi connectivity index (χ4v) is 2.07. The molecule has 1 aromatic heterocycles. The monoisotopic (exact) mass is 360 g/mol. The van der Waals surface area contributed by atoms with Crippen molar-refractivity contribution in [1.29, 1.82) is 0 Å². The maximum absolute atomic E-state index is 11.2. The number of aromatic hydroxyl groups is 1. The number of amides is 1. The van der Waals surface area contributed by atoms with Gasteiger partial charge in [0.15, 0.2) is 17.2 Å². The van der Waals surface area contributed by atoms with Gasteiger partial charge in [0.2, 0.25) is 0 Å². The maximum atomic E-state index is 11.2. The highest BCUT2D eigenvalue weighted by atomic mass is 127. The lowest BCUT2D eigenvalue weighted by atomic mass is 10.1. The number of halogens is 1. The van der Waals surface area contributed by atoms with E-state index in [-0.39, 0.29) is 17.2 Å². The van der Waals surface area contributed by atoms with Crippen molar-refractivity contribution >= 4 is 28.5 Å². The van der Waals surface area contributed by atoms with Crippen LogP contribution in [-0.4, -0.2) is 33.5 Å². The smallest absolute Gasteiger partial charge is 0.271 e. The fourth-order valence-electron chi connectivity index (χ4n) is 1.47. The van der Waals surface area contributed by atoms with Crippen LogP contribution < -0.4 is 10.5 Å². The van der Waals surface area contributed by atoms with Crippen LogP contribution in [0.3, 0.4) is 0 Å². The molecule has 0 unspecified atom stereocenters. The molecule has 0 aliphatic carbocycles. The molecule has 0 spiro atoms. The van der Waals surface area contributed by atoms with E-state index in [1.165, 1.54) is 7.11 Å². The highest BCUT2D eigenvalue weighted by Crippen LogP contribution is 2.36. The Morgan fingerprint density at radius 1 is 1.50 bits per heavy atom. The minimum atomic E-state index is -0.680. The first-order chi connectivity index (χ1) is 8.54. The average molecular weight is 360 g/mol. The van der Waals surface area contributed by atoms with Crippen LogP contribution in [-0.2, 0) is 0 Å². The molecule has 4 N–H and O–H groups in total. The molecule has 0 bridgehead atoms. The molecule has 0 fully saturated rings. The first-order valence-corrected chi connectivity index (χ1v) is 5.90. The summed E-state index contributed by atoms with van der Waals surface area (Å²) in [7, 11) is 1.44. The Labute approximate surface area is 115 Å². The number of carbonyl (C=O) groups is 1. The molecular formula is C10H9IN4O3. The number of benzene rings is 1. The van der Waals surface area contributed by atoms with E-state index in [0.717, 1.165) is 0 Å². The number of ether oxygens (including phenoxy) is 1. The van der Waals surface area contributed by atoms with Crippen LogP contribution in [0.25, 0.3) is 11.3 Å². The summed E-state index contributed by atoms with van der Waals surface area (Å²) in [6.45, 7) is 0. The molecule has 7 nitrogen and oxygen atoms in total. The zero-order valence-corrected chi connectivity index (χ0v) is 11.4. The molecule has 2 rings (SSSR count). The summed E-state index contributed by atoms with van der Waals surface area (Å²) in [5.74, 6) is -0.359. The molecule has 0 aliphatic heterocycles. The molecule has 94 valence electrons. The Balaban J connectivity index is 2.61. The number of nitrogens with one attached hydrogen (secondary N) is 1. The van der Waals surface area contributed by atoms with Gasteiger partial charge in [0, 0.05) is 5.56 Å². The van der Waals surface area contributed by atoms with Gasteiger partial charge in [-0.3, -0.25) is 4.79 Å². The molecule has 8 heteroatoms. The Hall–Kier alpha value is -1.84. The van der Waals surface area contributed by atoms with Crippen molar-refractivity contribution in [1.82, 2.24) is 15.4 Å².